The summed E-state index contributed by atoms with van der Waals surface area (Å²) in [7, 11) is 0. The quantitative estimate of drug-likeness (QED) is 0.794. The van der Waals surface area contributed by atoms with Gasteiger partial charge >= 0.3 is 6.18 Å². The largest absolute Gasteiger partial charge is 0.493 e. The van der Waals surface area contributed by atoms with E-state index in [1.165, 1.54) is 18.2 Å². The van der Waals surface area contributed by atoms with Crippen LogP contribution in [0.3, 0.4) is 0 Å². The van der Waals surface area contributed by atoms with E-state index in [2.05, 4.69) is 0 Å². The van der Waals surface area contributed by atoms with E-state index < -0.39 is 11.7 Å². The zero-order valence-electron chi connectivity index (χ0n) is 8.76. The van der Waals surface area contributed by atoms with Crippen LogP contribution in [0.1, 0.15) is 18.4 Å². The van der Waals surface area contributed by atoms with Crippen molar-refractivity contribution in [3.8, 4) is 5.75 Å². The first-order valence-corrected chi connectivity index (χ1v) is 5.05. The van der Waals surface area contributed by atoms with Crippen LogP contribution in [-0.2, 0) is 6.18 Å². The van der Waals surface area contributed by atoms with Crippen LogP contribution in [0, 0.1) is 0 Å². The van der Waals surface area contributed by atoms with Crippen LogP contribution >= 0.6 is 0 Å². The number of para-hydroxylation sites is 1. The highest BCUT2D eigenvalue weighted by Gasteiger charge is 2.33. The van der Waals surface area contributed by atoms with Gasteiger partial charge in [0.25, 0.3) is 0 Å². The number of hydrogen-bond acceptors (Lipinski definition) is 2. The van der Waals surface area contributed by atoms with Gasteiger partial charge in [0, 0.05) is 0 Å². The van der Waals surface area contributed by atoms with Crippen molar-refractivity contribution in [1.29, 1.82) is 0 Å². The molecule has 2 nitrogen and oxygen atoms in total. The third-order valence-electron chi connectivity index (χ3n) is 2.05. The predicted octanol–water partition coefficient (Wildman–Crippen LogP) is 2.82. The zero-order valence-corrected chi connectivity index (χ0v) is 8.76. The number of nitrogens with two attached hydrogens (primary N) is 1. The molecule has 1 rings (SSSR count). The molecule has 16 heavy (non-hydrogen) atoms. The van der Waals surface area contributed by atoms with Gasteiger partial charge in [-0.05, 0) is 31.5 Å². The Morgan fingerprint density at radius 1 is 1.12 bits per heavy atom. The predicted molar refractivity (Wildman–Crippen MR) is 55.2 cm³/mol. The highest BCUT2D eigenvalue weighted by molar-refractivity contribution is 5.35. The van der Waals surface area contributed by atoms with Crippen LogP contribution in [0.5, 0.6) is 5.75 Å². The fourth-order valence-corrected chi connectivity index (χ4v) is 1.26. The third kappa shape index (κ3) is 3.73. The van der Waals surface area contributed by atoms with Gasteiger partial charge in [-0.15, -0.1) is 0 Å². The Morgan fingerprint density at radius 2 is 1.81 bits per heavy atom. The fraction of sp³-hybridized carbons (Fsp3) is 0.455. The first-order valence-electron chi connectivity index (χ1n) is 5.05. The lowest BCUT2D eigenvalue weighted by Gasteiger charge is -2.13. The van der Waals surface area contributed by atoms with Gasteiger partial charge in [-0.25, -0.2) is 0 Å². The van der Waals surface area contributed by atoms with Crippen LogP contribution in [0.2, 0.25) is 0 Å². The second kappa shape index (κ2) is 5.75. The molecule has 0 saturated heterocycles. The van der Waals surface area contributed by atoms with E-state index >= 15 is 0 Å². The summed E-state index contributed by atoms with van der Waals surface area (Å²) in [5, 5.41) is 0. The monoisotopic (exact) mass is 233 g/mol. The molecule has 0 saturated carbocycles. The molecule has 0 fully saturated rings. The maximum absolute atomic E-state index is 12.5. The Labute approximate surface area is 92.2 Å². The van der Waals surface area contributed by atoms with Gasteiger partial charge in [-0.2, -0.15) is 13.2 Å². The number of ether oxygens (including phenoxy) is 1. The molecule has 0 radical (unpaired) electrons. The van der Waals surface area contributed by atoms with E-state index in [0.717, 1.165) is 12.5 Å². The van der Waals surface area contributed by atoms with Crippen molar-refractivity contribution in [1.82, 2.24) is 0 Å². The van der Waals surface area contributed by atoms with E-state index in [-0.39, 0.29) is 12.4 Å². The Morgan fingerprint density at radius 3 is 2.44 bits per heavy atom. The standard InChI is InChI=1S/C11H14F3NO/c12-11(13,14)9-5-1-2-6-10(9)16-8-4-3-7-15/h1-2,5-6H,3-4,7-8,15H2. The minimum atomic E-state index is -4.37. The number of benzene rings is 1. The summed E-state index contributed by atoms with van der Waals surface area (Å²) in [6, 6.07) is 5.20. The molecule has 90 valence electrons. The molecule has 1 aromatic carbocycles. The second-order valence-electron chi connectivity index (χ2n) is 3.34. The molecule has 0 bridgehead atoms. The summed E-state index contributed by atoms with van der Waals surface area (Å²) in [5.41, 5.74) is 4.54. The lowest BCUT2D eigenvalue weighted by molar-refractivity contribution is -0.138. The maximum atomic E-state index is 12.5. The molecule has 0 aromatic heterocycles. The first-order chi connectivity index (χ1) is 7.55. The third-order valence-corrected chi connectivity index (χ3v) is 2.05. The van der Waals surface area contributed by atoms with E-state index in [1.807, 2.05) is 0 Å². The van der Waals surface area contributed by atoms with Crippen molar-refractivity contribution in [2.75, 3.05) is 13.2 Å². The Hall–Kier alpha value is -1.23. The lowest BCUT2D eigenvalue weighted by Crippen LogP contribution is -2.10. The average molecular weight is 233 g/mol. The molecule has 1 aromatic rings. The van der Waals surface area contributed by atoms with E-state index in [9.17, 15) is 13.2 Å². The van der Waals surface area contributed by atoms with Gasteiger partial charge in [0.1, 0.15) is 5.75 Å². The Kier molecular flexibility index (Phi) is 4.61. The first kappa shape index (κ1) is 12.8. The molecule has 0 amide bonds. The highest BCUT2D eigenvalue weighted by atomic mass is 19.4. The molecule has 2 N–H and O–H groups in total. The minimum absolute atomic E-state index is 0.118. The van der Waals surface area contributed by atoms with E-state index in [4.69, 9.17) is 10.5 Å². The highest BCUT2D eigenvalue weighted by Crippen LogP contribution is 2.35. The fourth-order valence-electron chi connectivity index (χ4n) is 1.26. The normalized spacial score (nSPS) is 11.5. The molecule has 0 heterocycles. The van der Waals surface area contributed by atoms with Crippen molar-refractivity contribution in [3.05, 3.63) is 29.8 Å². The maximum Gasteiger partial charge on any atom is 0.419 e. The Bertz CT molecular complexity index is 325. The SMILES string of the molecule is NCCCCOc1ccccc1C(F)(F)F. The molecule has 5 heteroatoms. The van der Waals surface area contributed by atoms with E-state index in [0.29, 0.717) is 13.0 Å². The van der Waals surface area contributed by atoms with Crippen molar-refractivity contribution < 1.29 is 17.9 Å². The summed E-state index contributed by atoms with van der Waals surface area (Å²) in [5.74, 6) is -0.118. The number of halogens is 3. The molecule has 0 spiro atoms. The van der Waals surface area contributed by atoms with Crippen LogP contribution in [0.25, 0.3) is 0 Å². The molecule has 0 aliphatic rings. The Balaban J connectivity index is 2.65. The smallest absolute Gasteiger partial charge is 0.419 e. The molecular weight excluding hydrogens is 219 g/mol. The number of hydrogen-bond donors (Lipinski definition) is 1. The number of rotatable bonds is 5. The zero-order chi connectivity index (χ0) is 12.0. The van der Waals surface area contributed by atoms with Crippen molar-refractivity contribution in [2.45, 2.75) is 19.0 Å². The van der Waals surface area contributed by atoms with Gasteiger partial charge in [0.15, 0.2) is 0 Å². The van der Waals surface area contributed by atoms with Crippen LogP contribution in [-0.4, -0.2) is 13.2 Å². The molecule has 0 aliphatic heterocycles. The van der Waals surface area contributed by atoms with Gasteiger partial charge in [0.05, 0.1) is 12.2 Å². The van der Waals surface area contributed by atoms with Crippen LogP contribution < -0.4 is 10.5 Å². The van der Waals surface area contributed by atoms with Crippen molar-refractivity contribution in [2.24, 2.45) is 5.73 Å². The van der Waals surface area contributed by atoms with Crippen molar-refractivity contribution >= 4 is 0 Å². The topological polar surface area (TPSA) is 35.2 Å². The number of alkyl halides is 3. The summed E-state index contributed by atoms with van der Waals surface area (Å²) in [6.45, 7) is 0.772. The van der Waals surface area contributed by atoms with Gasteiger partial charge in [-0.3, -0.25) is 0 Å². The summed E-state index contributed by atoms with van der Waals surface area (Å²) in [6.07, 6.45) is -2.97. The van der Waals surface area contributed by atoms with Gasteiger partial charge < -0.3 is 10.5 Å². The van der Waals surface area contributed by atoms with Gasteiger partial charge in [-0.1, -0.05) is 12.1 Å². The van der Waals surface area contributed by atoms with Crippen LogP contribution in [0.4, 0.5) is 13.2 Å². The lowest BCUT2D eigenvalue weighted by atomic mass is 10.2. The molecular formula is C11H14F3NO. The average Bonchev–Trinajstić information content (AvgIpc) is 2.24. The van der Waals surface area contributed by atoms with E-state index in [1.54, 1.807) is 0 Å². The molecule has 0 unspecified atom stereocenters. The summed E-state index contributed by atoms with van der Waals surface area (Å²) < 4.78 is 42.7. The van der Waals surface area contributed by atoms with Crippen molar-refractivity contribution in [3.63, 3.8) is 0 Å². The minimum Gasteiger partial charge on any atom is -0.493 e. The summed E-state index contributed by atoms with van der Waals surface area (Å²) in [4.78, 5) is 0. The second-order valence-corrected chi connectivity index (χ2v) is 3.34. The molecule has 0 atom stereocenters. The summed E-state index contributed by atoms with van der Waals surface area (Å²) >= 11 is 0. The molecule has 0 aliphatic carbocycles. The number of unbranched alkanes of at least 4 members (excludes halogenated alkanes) is 1. The van der Waals surface area contributed by atoms with Crippen LogP contribution in [0.15, 0.2) is 24.3 Å². The van der Waals surface area contributed by atoms with Gasteiger partial charge in [0.2, 0.25) is 0 Å².